The molecule has 0 radical (unpaired) electrons. The fraction of sp³-hybridized carbons (Fsp3) is 0.148. The van der Waals surface area contributed by atoms with Crippen LogP contribution in [0.25, 0.3) is 22.1 Å². The average Bonchev–Trinajstić information content (AvgIpc) is 3.40. The molecule has 1 amide bonds. The number of carbonyl (C=O) groups excluding carboxylic acids is 2. The van der Waals surface area contributed by atoms with Crippen LogP contribution in [0, 0.1) is 11.6 Å². The zero-order valence-corrected chi connectivity index (χ0v) is 19.6. The van der Waals surface area contributed by atoms with Gasteiger partial charge in [0.05, 0.1) is 18.2 Å². The molecule has 8 nitrogen and oxygen atoms in total. The minimum Gasteiger partial charge on any atom is -0.489 e. The molecular weight excluding hydrogens is 486 g/mol. The lowest BCUT2D eigenvalue weighted by Crippen LogP contribution is -2.49. The molecule has 1 aromatic heterocycles. The van der Waals surface area contributed by atoms with Crippen LogP contribution in [0.2, 0.25) is 0 Å². The first-order valence-corrected chi connectivity index (χ1v) is 11.2. The van der Waals surface area contributed by atoms with Gasteiger partial charge in [-0.2, -0.15) is 0 Å². The Labute approximate surface area is 209 Å². The number of carboxylic acids is 1. The topological polar surface area (TPSA) is 118 Å². The number of aliphatic carboxylic acids is 1. The number of hydrogen-bond acceptors (Lipinski definition) is 6. The predicted octanol–water partition coefficient (Wildman–Crippen LogP) is 3.93. The number of carbonyl (C=O) groups is 3. The highest BCUT2D eigenvalue weighted by molar-refractivity contribution is 6.13. The minimum atomic E-state index is -1.36. The predicted molar refractivity (Wildman–Crippen MR) is 130 cm³/mol. The number of halogens is 2. The second-order valence-corrected chi connectivity index (χ2v) is 8.08. The van der Waals surface area contributed by atoms with Crippen LogP contribution in [0.4, 0.5) is 8.78 Å². The molecule has 4 rings (SSSR count). The highest BCUT2D eigenvalue weighted by Crippen LogP contribution is 2.33. The Balaban J connectivity index is 1.47. The van der Waals surface area contributed by atoms with E-state index in [4.69, 9.17) is 14.3 Å². The molecule has 37 heavy (non-hydrogen) atoms. The van der Waals surface area contributed by atoms with Gasteiger partial charge in [0.2, 0.25) is 5.91 Å². The molecule has 3 aromatic carbocycles. The Hall–Kier alpha value is -4.57. The van der Waals surface area contributed by atoms with E-state index in [9.17, 15) is 23.2 Å². The van der Waals surface area contributed by atoms with Gasteiger partial charge >= 0.3 is 5.97 Å². The maximum absolute atomic E-state index is 14.0. The standard InChI is InChI=1S/C27H22F2N2O6/c1-30-27(35)24(31-13-22(32)33)25(34)17-4-2-3-15(11-17)14-37-18-7-5-16(6-8-18)20-12-21(28)23(29)19-9-10-36-26(19)20/h2-12,24,31H,13-14H2,1H3,(H,30,35)(H,32,33). The number of likely N-dealkylation sites (N-methyl/N-ethyl adjacent to an activating group) is 1. The van der Waals surface area contributed by atoms with Crippen molar-refractivity contribution in [3.05, 3.63) is 89.7 Å². The van der Waals surface area contributed by atoms with Crippen molar-refractivity contribution < 1.29 is 37.4 Å². The zero-order valence-electron chi connectivity index (χ0n) is 19.6. The van der Waals surface area contributed by atoms with Gasteiger partial charge in [0, 0.05) is 18.2 Å². The van der Waals surface area contributed by atoms with Crippen LogP contribution < -0.4 is 15.4 Å². The van der Waals surface area contributed by atoms with E-state index in [0.29, 0.717) is 22.4 Å². The van der Waals surface area contributed by atoms with Crippen molar-refractivity contribution in [1.82, 2.24) is 10.6 Å². The number of fused-ring (bicyclic) bond motifs is 1. The number of nitrogens with one attached hydrogen (secondary N) is 2. The van der Waals surface area contributed by atoms with E-state index in [1.807, 2.05) is 0 Å². The summed E-state index contributed by atoms with van der Waals surface area (Å²) in [7, 11) is 1.35. The lowest BCUT2D eigenvalue weighted by atomic mass is 10.0. The van der Waals surface area contributed by atoms with E-state index in [1.54, 1.807) is 42.5 Å². The summed E-state index contributed by atoms with van der Waals surface area (Å²) in [5, 5.41) is 13.7. The molecule has 0 aliphatic carbocycles. The minimum absolute atomic E-state index is 0.0570. The van der Waals surface area contributed by atoms with Crippen molar-refractivity contribution in [3.8, 4) is 16.9 Å². The van der Waals surface area contributed by atoms with E-state index in [-0.39, 0.29) is 23.1 Å². The number of rotatable bonds is 10. The van der Waals surface area contributed by atoms with Gasteiger partial charge < -0.3 is 19.6 Å². The number of furan rings is 1. The van der Waals surface area contributed by atoms with Gasteiger partial charge in [-0.3, -0.25) is 19.7 Å². The van der Waals surface area contributed by atoms with Crippen molar-refractivity contribution in [3.63, 3.8) is 0 Å². The number of Topliss-reactive ketones (excluding diaryl/α,β-unsaturated/α-hetero) is 1. The Morgan fingerprint density at radius 3 is 2.51 bits per heavy atom. The maximum Gasteiger partial charge on any atom is 0.317 e. The summed E-state index contributed by atoms with van der Waals surface area (Å²) in [6, 6.07) is 14.2. The van der Waals surface area contributed by atoms with Crippen LogP contribution >= 0.6 is 0 Å². The van der Waals surface area contributed by atoms with E-state index in [1.165, 1.54) is 25.4 Å². The molecule has 190 valence electrons. The van der Waals surface area contributed by atoms with Gasteiger partial charge in [-0.1, -0.05) is 30.3 Å². The fourth-order valence-corrected chi connectivity index (χ4v) is 3.81. The van der Waals surface area contributed by atoms with Crippen LogP contribution in [0.3, 0.4) is 0 Å². The zero-order chi connectivity index (χ0) is 26.5. The van der Waals surface area contributed by atoms with Crippen molar-refractivity contribution in [2.45, 2.75) is 12.6 Å². The third-order valence-corrected chi connectivity index (χ3v) is 5.64. The van der Waals surface area contributed by atoms with Crippen molar-refractivity contribution in [2.24, 2.45) is 0 Å². The molecule has 1 heterocycles. The largest absolute Gasteiger partial charge is 0.489 e. The molecule has 0 aliphatic rings. The van der Waals surface area contributed by atoms with Gasteiger partial charge in [-0.25, -0.2) is 8.78 Å². The van der Waals surface area contributed by atoms with Gasteiger partial charge in [0.1, 0.15) is 17.9 Å². The van der Waals surface area contributed by atoms with E-state index < -0.39 is 41.9 Å². The van der Waals surface area contributed by atoms with Gasteiger partial charge in [-0.15, -0.1) is 0 Å². The molecule has 1 unspecified atom stereocenters. The molecule has 0 saturated heterocycles. The number of hydrogen-bond donors (Lipinski definition) is 3. The Morgan fingerprint density at radius 1 is 1.05 bits per heavy atom. The second-order valence-electron chi connectivity index (χ2n) is 8.08. The van der Waals surface area contributed by atoms with Crippen molar-refractivity contribution >= 4 is 28.6 Å². The summed E-state index contributed by atoms with van der Waals surface area (Å²) in [6.07, 6.45) is 1.30. The molecule has 0 saturated carbocycles. The summed E-state index contributed by atoms with van der Waals surface area (Å²) >= 11 is 0. The summed E-state index contributed by atoms with van der Waals surface area (Å²) in [6.45, 7) is -0.458. The molecular formula is C27H22F2N2O6. The van der Waals surface area contributed by atoms with Crippen LogP contribution in [0.15, 0.2) is 71.3 Å². The first-order valence-electron chi connectivity index (χ1n) is 11.2. The van der Waals surface area contributed by atoms with Crippen molar-refractivity contribution in [1.29, 1.82) is 0 Å². The summed E-state index contributed by atoms with van der Waals surface area (Å²) in [4.78, 5) is 35.8. The molecule has 0 fully saturated rings. The smallest absolute Gasteiger partial charge is 0.317 e. The summed E-state index contributed by atoms with van der Waals surface area (Å²) in [5.74, 6) is -3.88. The Kier molecular flexibility index (Phi) is 7.59. The molecule has 1 atom stereocenters. The SMILES string of the molecule is CNC(=O)C(NCC(=O)O)C(=O)c1cccc(COc2ccc(-c3cc(F)c(F)c4ccoc34)cc2)c1. The molecule has 0 aliphatic heterocycles. The van der Waals surface area contributed by atoms with E-state index in [2.05, 4.69) is 10.6 Å². The first kappa shape index (κ1) is 25.5. The maximum atomic E-state index is 14.0. The number of amides is 1. The second kappa shape index (κ2) is 11.0. The average molecular weight is 508 g/mol. The quantitative estimate of drug-likeness (QED) is 0.219. The monoisotopic (exact) mass is 508 g/mol. The Morgan fingerprint density at radius 2 is 1.81 bits per heavy atom. The normalized spacial score (nSPS) is 11.8. The molecule has 0 spiro atoms. The van der Waals surface area contributed by atoms with Gasteiger partial charge in [0.25, 0.3) is 0 Å². The van der Waals surface area contributed by atoms with Crippen LogP contribution in [0.1, 0.15) is 15.9 Å². The Bertz CT molecular complexity index is 1470. The number of ketones is 1. The van der Waals surface area contributed by atoms with Crippen LogP contribution in [-0.4, -0.2) is 42.4 Å². The molecule has 10 heteroatoms. The molecule has 4 aromatic rings. The van der Waals surface area contributed by atoms with E-state index in [0.717, 1.165) is 6.07 Å². The van der Waals surface area contributed by atoms with Crippen LogP contribution in [0.5, 0.6) is 5.75 Å². The first-order chi connectivity index (χ1) is 17.8. The highest BCUT2D eigenvalue weighted by Gasteiger charge is 2.27. The van der Waals surface area contributed by atoms with Crippen LogP contribution in [-0.2, 0) is 16.2 Å². The summed E-state index contributed by atoms with van der Waals surface area (Å²) in [5.41, 5.74) is 2.10. The lowest BCUT2D eigenvalue weighted by Gasteiger charge is -2.15. The number of ether oxygens (including phenoxy) is 1. The van der Waals surface area contributed by atoms with Gasteiger partial charge in [0.15, 0.2) is 23.5 Å². The number of carboxylic acid groups (broad SMARTS) is 1. The number of benzene rings is 3. The molecule has 0 bridgehead atoms. The molecule has 3 N–H and O–H groups in total. The van der Waals surface area contributed by atoms with E-state index >= 15 is 0 Å². The lowest BCUT2D eigenvalue weighted by molar-refractivity contribution is -0.136. The third-order valence-electron chi connectivity index (χ3n) is 5.64. The van der Waals surface area contributed by atoms with Gasteiger partial charge in [-0.05, 0) is 41.5 Å². The summed E-state index contributed by atoms with van der Waals surface area (Å²) < 4.78 is 39.2. The highest BCUT2D eigenvalue weighted by atomic mass is 19.2. The third kappa shape index (κ3) is 5.65. The van der Waals surface area contributed by atoms with Crippen molar-refractivity contribution in [2.75, 3.05) is 13.6 Å². The fourth-order valence-electron chi connectivity index (χ4n) is 3.81.